The molecule has 2 aliphatic rings. The second kappa shape index (κ2) is 5.99. The molecule has 94 valence electrons. The minimum atomic E-state index is 0.462. The molecule has 0 amide bonds. The summed E-state index contributed by atoms with van der Waals surface area (Å²) in [6, 6.07) is 0. The Bertz CT molecular complexity index is 202. The molecule has 0 radical (unpaired) electrons. The molecule has 1 aliphatic carbocycles. The van der Waals surface area contributed by atoms with Crippen LogP contribution < -0.4 is 5.32 Å². The van der Waals surface area contributed by atoms with Crippen LogP contribution in [0.4, 0.5) is 0 Å². The van der Waals surface area contributed by atoms with E-state index in [1.165, 1.54) is 64.7 Å². The Balaban J connectivity index is 1.83. The normalized spacial score (nSPS) is 26.1. The van der Waals surface area contributed by atoms with Crippen LogP contribution in [0.5, 0.6) is 0 Å². The van der Waals surface area contributed by atoms with Gasteiger partial charge in [-0.2, -0.15) is 0 Å². The number of nitrogens with zero attached hydrogens (tertiary/aromatic N) is 1. The van der Waals surface area contributed by atoms with Crippen molar-refractivity contribution >= 4 is 0 Å². The van der Waals surface area contributed by atoms with E-state index in [1.807, 2.05) is 0 Å². The number of rotatable bonds is 4. The number of methoxy groups -OCH3 is 1. The first kappa shape index (κ1) is 12.3. The predicted octanol–water partition coefficient (Wildman–Crippen LogP) is 1.63. The molecule has 1 N–H and O–H groups in total. The predicted molar refractivity (Wildman–Crippen MR) is 66.8 cm³/mol. The smallest absolute Gasteiger partial charge is 0.0474 e. The Morgan fingerprint density at radius 3 is 2.81 bits per heavy atom. The van der Waals surface area contributed by atoms with Gasteiger partial charge in [0.1, 0.15) is 0 Å². The van der Waals surface area contributed by atoms with Crippen LogP contribution in [0.25, 0.3) is 0 Å². The van der Waals surface area contributed by atoms with E-state index < -0.39 is 0 Å². The van der Waals surface area contributed by atoms with E-state index in [9.17, 15) is 0 Å². The lowest BCUT2D eigenvalue weighted by atomic mass is 9.97. The van der Waals surface area contributed by atoms with Gasteiger partial charge in [-0.3, -0.25) is 0 Å². The van der Waals surface area contributed by atoms with Gasteiger partial charge in [0, 0.05) is 32.3 Å². The molecule has 0 unspecified atom stereocenters. The van der Waals surface area contributed by atoms with Crippen molar-refractivity contribution in [3.8, 4) is 0 Å². The fourth-order valence-electron chi connectivity index (χ4n) is 3.23. The van der Waals surface area contributed by atoms with E-state index in [0.29, 0.717) is 5.54 Å². The molecule has 0 aromatic rings. The summed E-state index contributed by atoms with van der Waals surface area (Å²) in [5, 5.41) is 3.80. The third kappa shape index (κ3) is 3.19. The van der Waals surface area contributed by atoms with Crippen LogP contribution in [-0.2, 0) is 4.74 Å². The number of nitrogens with one attached hydrogen (secondary N) is 1. The number of hydrogen-bond donors (Lipinski definition) is 1. The molecule has 1 saturated carbocycles. The third-order valence-electron chi connectivity index (χ3n) is 4.06. The van der Waals surface area contributed by atoms with Gasteiger partial charge in [-0.15, -0.1) is 0 Å². The van der Waals surface area contributed by atoms with Crippen molar-refractivity contribution in [1.82, 2.24) is 10.2 Å². The zero-order valence-corrected chi connectivity index (χ0v) is 10.6. The van der Waals surface area contributed by atoms with Crippen molar-refractivity contribution < 1.29 is 4.74 Å². The lowest BCUT2D eigenvalue weighted by Gasteiger charge is -2.33. The summed E-state index contributed by atoms with van der Waals surface area (Å²) in [6.45, 7) is 5.84. The second-order valence-electron chi connectivity index (χ2n) is 5.39. The van der Waals surface area contributed by atoms with Crippen LogP contribution in [0.15, 0.2) is 0 Å². The van der Waals surface area contributed by atoms with Crippen LogP contribution in [0, 0.1) is 0 Å². The first-order valence-corrected chi connectivity index (χ1v) is 6.81. The van der Waals surface area contributed by atoms with E-state index in [4.69, 9.17) is 4.74 Å². The van der Waals surface area contributed by atoms with E-state index in [-0.39, 0.29) is 0 Å². The van der Waals surface area contributed by atoms with Gasteiger partial charge in [-0.25, -0.2) is 0 Å². The standard InChI is InChI=1S/C13H26N2O/c1-16-11-5-10-15-9-4-8-14-13(12-15)6-2-3-7-13/h14H,2-12H2,1H3. The Kier molecular flexibility index (Phi) is 4.62. The molecule has 2 rings (SSSR count). The lowest BCUT2D eigenvalue weighted by Crippen LogP contribution is -2.49. The highest BCUT2D eigenvalue weighted by Crippen LogP contribution is 2.31. The van der Waals surface area contributed by atoms with Gasteiger partial charge in [-0.1, -0.05) is 12.8 Å². The first-order chi connectivity index (χ1) is 7.85. The third-order valence-corrected chi connectivity index (χ3v) is 4.06. The maximum Gasteiger partial charge on any atom is 0.0474 e. The lowest BCUT2D eigenvalue weighted by molar-refractivity contribution is 0.159. The molecule has 0 atom stereocenters. The molecule has 1 heterocycles. The monoisotopic (exact) mass is 226 g/mol. The van der Waals surface area contributed by atoms with Crippen molar-refractivity contribution in [3.05, 3.63) is 0 Å². The van der Waals surface area contributed by atoms with Crippen LogP contribution in [-0.4, -0.2) is 50.3 Å². The molecule has 0 bridgehead atoms. The molecule has 0 aromatic carbocycles. The summed E-state index contributed by atoms with van der Waals surface area (Å²) < 4.78 is 5.14. The van der Waals surface area contributed by atoms with Gasteiger partial charge < -0.3 is 15.0 Å². The average Bonchev–Trinajstić information content (AvgIpc) is 2.63. The quantitative estimate of drug-likeness (QED) is 0.737. The summed E-state index contributed by atoms with van der Waals surface area (Å²) in [7, 11) is 1.79. The van der Waals surface area contributed by atoms with Crippen LogP contribution in [0.1, 0.15) is 38.5 Å². The fourth-order valence-corrected chi connectivity index (χ4v) is 3.23. The molecule has 0 aromatic heterocycles. The van der Waals surface area contributed by atoms with Gasteiger partial charge in [0.25, 0.3) is 0 Å². The summed E-state index contributed by atoms with van der Waals surface area (Å²) >= 11 is 0. The zero-order valence-electron chi connectivity index (χ0n) is 10.6. The van der Waals surface area contributed by atoms with Gasteiger partial charge in [-0.05, 0) is 38.8 Å². The highest BCUT2D eigenvalue weighted by atomic mass is 16.5. The van der Waals surface area contributed by atoms with Crippen LogP contribution >= 0.6 is 0 Å². The SMILES string of the molecule is COCCCN1CCCNC2(CCCC2)C1. The number of hydrogen-bond acceptors (Lipinski definition) is 3. The maximum absolute atomic E-state index is 5.14. The molecule has 2 fully saturated rings. The highest BCUT2D eigenvalue weighted by molar-refractivity contribution is 4.96. The largest absolute Gasteiger partial charge is 0.385 e. The molecular weight excluding hydrogens is 200 g/mol. The minimum Gasteiger partial charge on any atom is -0.385 e. The van der Waals surface area contributed by atoms with Gasteiger partial charge in [0.15, 0.2) is 0 Å². The number of ether oxygens (including phenoxy) is 1. The summed E-state index contributed by atoms with van der Waals surface area (Å²) in [5.74, 6) is 0. The molecule has 3 heteroatoms. The summed E-state index contributed by atoms with van der Waals surface area (Å²) in [5.41, 5.74) is 0.462. The summed E-state index contributed by atoms with van der Waals surface area (Å²) in [6.07, 6.45) is 8.07. The maximum atomic E-state index is 5.14. The van der Waals surface area contributed by atoms with Crippen LogP contribution in [0.2, 0.25) is 0 Å². The van der Waals surface area contributed by atoms with Crippen molar-refractivity contribution in [2.45, 2.75) is 44.1 Å². The van der Waals surface area contributed by atoms with E-state index in [2.05, 4.69) is 10.2 Å². The Morgan fingerprint density at radius 1 is 1.25 bits per heavy atom. The molecule has 3 nitrogen and oxygen atoms in total. The van der Waals surface area contributed by atoms with Gasteiger partial charge >= 0.3 is 0 Å². The fraction of sp³-hybridized carbons (Fsp3) is 1.00. The molecule has 1 spiro atoms. The zero-order chi connectivity index (χ0) is 11.3. The van der Waals surface area contributed by atoms with Crippen molar-refractivity contribution in [2.24, 2.45) is 0 Å². The Labute approximate surface area is 99.5 Å². The minimum absolute atomic E-state index is 0.462. The van der Waals surface area contributed by atoms with Gasteiger partial charge in [0.05, 0.1) is 0 Å². The Hall–Kier alpha value is -0.120. The van der Waals surface area contributed by atoms with E-state index in [1.54, 1.807) is 7.11 Å². The topological polar surface area (TPSA) is 24.5 Å². The van der Waals surface area contributed by atoms with E-state index in [0.717, 1.165) is 6.61 Å². The Morgan fingerprint density at radius 2 is 2.06 bits per heavy atom. The van der Waals surface area contributed by atoms with E-state index >= 15 is 0 Å². The van der Waals surface area contributed by atoms with Gasteiger partial charge in [0.2, 0.25) is 0 Å². The average molecular weight is 226 g/mol. The molecule has 16 heavy (non-hydrogen) atoms. The van der Waals surface area contributed by atoms with Crippen molar-refractivity contribution in [1.29, 1.82) is 0 Å². The molecule has 1 saturated heterocycles. The highest BCUT2D eigenvalue weighted by Gasteiger charge is 2.35. The van der Waals surface area contributed by atoms with Crippen LogP contribution in [0.3, 0.4) is 0 Å². The summed E-state index contributed by atoms with van der Waals surface area (Å²) in [4.78, 5) is 2.64. The molecular formula is C13H26N2O. The van der Waals surface area contributed by atoms with Crippen molar-refractivity contribution in [2.75, 3.05) is 39.9 Å². The van der Waals surface area contributed by atoms with Crippen molar-refractivity contribution in [3.63, 3.8) is 0 Å². The first-order valence-electron chi connectivity index (χ1n) is 6.81. The second-order valence-corrected chi connectivity index (χ2v) is 5.39. The molecule has 1 aliphatic heterocycles.